The van der Waals surface area contributed by atoms with Gasteiger partial charge in [0.1, 0.15) is 0 Å². The molecular formula is C11H28AlN. The first-order chi connectivity index (χ1) is 5.86. The van der Waals surface area contributed by atoms with Gasteiger partial charge in [0.2, 0.25) is 0 Å². The van der Waals surface area contributed by atoms with Crippen molar-refractivity contribution in [1.82, 2.24) is 0 Å². The Hall–Kier alpha value is 0.492. The van der Waals surface area contributed by atoms with Crippen molar-refractivity contribution in [3.8, 4) is 0 Å². The van der Waals surface area contributed by atoms with Crippen molar-refractivity contribution in [2.75, 3.05) is 0 Å². The predicted octanol–water partition coefficient (Wildman–Crippen LogP) is 3.31. The van der Waals surface area contributed by atoms with Gasteiger partial charge in [-0.15, -0.1) is 0 Å². The summed E-state index contributed by atoms with van der Waals surface area (Å²) in [7, 11) is 0. The van der Waals surface area contributed by atoms with Crippen LogP contribution in [0.5, 0.6) is 0 Å². The fourth-order valence-electron chi connectivity index (χ4n) is 0.763. The predicted molar refractivity (Wildman–Crippen MR) is 65.5 cm³/mol. The fraction of sp³-hybridized carbons (Fsp3) is 1.00. The molecule has 0 amide bonds. The zero-order valence-electron chi connectivity index (χ0n) is 11.3. The van der Waals surface area contributed by atoms with E-state index < -0.39 is 0 Å². The van der Waals surface area contributed by atoms with Crippen LogP contribution in [0.2, 0.25) is 10.6 Å². The smallest absolute Gasteiger partial charge is 1.00 e. The number of nitrogens with two attached hydrogens (primary N) is 1. The zero-order chi connectivity index (χ0) is 10.9. The van der Waals surface area contributed by atoms with E-state index in [0.717, 1.165) is 27.1 Å². The van der Waals surface area contributed by atoms with E-state index in [0.29, 0.717) is 6.04 Å². The van der Waals surface area contributed by atoms with Crippen molar-refractivity contribution >= 4 is 15.2 Å². The van der Waals surface area contributed by atoms with Crippen LogP contribution in [-0.4, -0.2) is 21.3 Å². The van der Waals surface area contributed by atoms with Crippen LogP contribution in [0.4, 0.5) is 0 Å². The maximum absolute atomic E-state index is 5.11. The molecule has 0 radical (unpaired) electrons. The summed E-state index contributed by atoms with van der Waals surface area (Å²) in [5.74, 6) is 1.86. The van der Waals surface area contributed by atoms with Gasteiger partial charge in [-0.25, -0.2) is 0 Å². The largest absolute Gasteiger partial charge is 1.00 e. The molecule has 0 rings (SSSR count). The monoisotopic (exact) mass is 201 g/mol. The van der Waals surface area contributed by atoms with Crippen molar-refractivity contribution in [1.29, 1.82) is 0 Å². The van der Waals surface area contributed by atoms with Gasteiger partial charge in [-0.2, -0.15) is 0 Å². The van der Waals surface area contributed by atoms with Crippen LogP contribution < -0.4 is 5.73 Å². The minimum atomic E-state index is 0. The molecule has 80 valence electrons. The molecule has 0 saturated carbocycles. The summed E-state index contributed by atoms with van der Waals surface area (Å²) < 4.78 is 0. The van der Waals surface area contributed by atoms with Crippen LogP contribution in [0.1, 0.15) is 43.0 Å². The maximum atomic E-state index is 5.11. The van der Waals surface area contributed by atoms with Crippen LogP contribution in [0.15, 0.2) is 0 Å². The van der Waals surface area contributed by atoms with Crippen molar-refractivity contribution in [3.63, 3.8) is 0 Å². The summed E-state index contributed by atoms with van der Waals surface area (Å²) >= 11 is 0.755. The third kappa shape index (κ3) is 32.6. The molecule has 0 aromatic carbocycles. The van der Waals surface area contributed by atoms with E-state index in [2.05, 4.69) is 27.7 Å². The average Bonchev–Trinajstić information content (AvgIpc) is 1.83. The Bertz CT molecular complexity index is 84.5. The van der Waals surface area contributed by atoms with Crippen LogP contribution >= 0.6 is 0 Å². The third-order valence-electron chi connectivity index (χ3n) is 1.28. The van der Waals surface area contributed by atoms with E-state index >= 15 is 0 Å². The molecular weight excluding hydrogens is 173 g/mol. The first-order valence-electron chi connectivity index (χ1n) is 5.43. The Morgan fingerprint density at radius 3 is 1.31 bits per heavy atom. The standard InChI is InChI=1S/2C4H9.C3H9N.Al.H/c2*1-4(2)3;1-3(2)4;;/h2*4H,1H2,2-3H3;3H,4H2,1-2H3;;/q;;;+1;-1. The Morgan fingerprint density at radius 1 is 0.923 bits per heavy atom. The second kappa shape index (κ2) is 10.6. The molecule has 0 unspecified atom stereocenters. The molecule has 0 atom stereocenters. The molecule has 0 aliphatic rings. The van der Waals surface area contributed by atoms with E-state index in [-0.39, 0.29) is 1.43 Å². The average molecular weight is 201 g/mol. The van der Waals surface area contributed by atoms with E-state index in [1.807, 2.05) is 13.8 Å². The van der Waals surface area contributed by atoms with Gasteiger partial charge in [0.05, 0.1) is 0 Å². The van der Waals surface area contributed by atoms with Crippen molar-refractivity contribution in [2.45, 2.75) is 58.1 Å². The quantitative estimate of drug-likeness (QED) is 0.694. The molecule has 0 aliphatic carbocycles. The molecule has 0 saturated heterocycles. The van der Waals surface area contributed by atoms with E-state index in [9.17, 15) is 0 Å². The summed E-state index contributed by atoms with van der Waals surface area (Å²) in [5.41, 5.74) is 5.11. The van der Waals surface area contributed by atoms with Gasteiger partial charge in [-0.3, -0.25) is 0 Å². The summed E-state index contributed by atoms with van der Waals surface area (Å²) in [6.07, 6.45) is 0. The van der Waals surface area contributed by atoms with E-state index in [1.54, 1.807) is 0 Å². The van der Waals surface area contributed by atoms with Crippen molar-refractivity contribution in [3.05, 3.63) is 0 Å². The summed E-state index contributed by atoms with van der Waals surface area (Å²) in [5, 5.41) is 2.97. The number of rotatable bonds is 4. The Kier molecular flexibility index (Phi) is 13.0. The molecule has 0 heterocycles. The minimum Gasteiger partial charge on any atom is -1.00 e. The van der Waals surface area contributed by atoms with Gasteiger partial charge in [0, 0.05) is 0 Å². The molecule has 0 aromatic rings. The molecule has 0 aliphatic heterocycles. The van der Waals surface area contributed by atoms with Gasteiger partial charge < -0.3 is 7.16 Å². The summed E-state index contributed by atoms with van der Waals surface area (Å²) in [4.78, 5) is 0. The van der Waals surface area contributed by atoms with E-state index in [4.69, 9.17) is 5.73 Å². The first kappa shape index (κ1) is 15.9. The Balaban J connectivity index is -0.000000209. The first-order valence-corrected chi connectivity index (χ1v) is 7.06. The van der Waals surface area contributed by atoms with Gasteiger partial charge in [0.15, 0.2) is 0 Å². The normalized spacial score (nSPS) is 10.0. The second-order valence-corrected chi connectivity index (χ2v) is 6.31. The maximum Gasteiger partial charge on any atom is -1.00 e. The SMILES string of the molecule is CC(C)N.CC(C)[CH2][Al+][CH2]C(C)C.[H-]. The zero-order valence-corrected chi connectivity index (χ0v) is 11.5. The molecule has 13 heavy (non-hydrogen) atoms. The summed E-state index contributed by atoms with van der Waals surface area (Å²) in [6.45, 7) is 13.1. The second-order valence-electron chi connectivity index (χ2n) is 4.79. The molecule has 0 bridgehead atoms. The minimum absolute atomic E-state index is 0. The van der Waals surface area contributed by atoms with Gasteiger partial charge in [0.25, 0.3) is 0 Å². The van der Waals surface area contributed by atoms with Crippen LogP contribution in [0.25, 0.3) is 0 Å². The Labute approximate surface area is 92.7 Å². The number of hydrogen-bond donors (Lipinski definition) is 1. The molecule has 0 spiro atoms. The van der Waals surface area contributed by atoms with Gasteiger partial charge in [-0.1, -0.05) is 13.8 Å². The summed E-state index contributed by atoms with van der Waals surface area (Å²) in [6, 6.07) is 0.333. The third-order valence-corrected chi connectivity index (χ3v) is 3.83. The van der Waals surface area contributed by atoms with Crippen LogP contribution in [0.3, 0.4) is 0 Å². The molecule has 1 nitrogen and oxygen atoms in total. The van der Waals surface area contributed by atoms with Crippen LogP contribution in [0, 0.1) is 11.8 Å². The van der Waals surface area contributed by atoms with Gasteiger partial charge in [-0.05, 0) is 6.04 Å². The fourth-order valence-corrected chi connectivity index (χ4v) is 2.29. The van der Waals surface area contributed by atoms with E-state index in [1.165, 1.54) is 10.6 Å². The molecule has 2 N–H and O–H groups in total. The Morgan fingerprint density at radius 2 is 1.15 bits per heavy atom. The molecule has 0 aromatic heterocycles. The molecule has 2 heteroatoms. The topological polar surface area (TPSA) is 26.0 Å². The van der Waals surface area contributed by atoms with Gasteiger partial charge >= 0.3 is 65.3 Å². The van der Waals surface area contributed by atoms with Crippen molar-refractivity contribution < 1.29 is 1.43 Å². The number of hydrogen-bond acceptors (Lipinski definition) is 1. The molecule has 0 fully saturated rings. The van der Waals surface area contributed by atoms with Crippen molar-refractivity contribution in [2.24, 2.45) is 17.6 Å². The van der Waals surface area contributed by atoms with Crippen LogP contribution in [-0.2, 0) is 0 Å².